The van der Waals surface area contributed by atoms with Crippen LogP contribution in [-0.4, -0.2) is 38.1 Å². The molecule has 100 valence electrons. The maximum Gasteiger partial charge on any atom is 0.139 e. The van der Waals surface area contributed by atoms with Gasteiger partial charge in [-0.15, -0.1) is 0 Å². The van der Waals surface area contributed by atoms with Crippen LogP contribution in [0.15, 0.2) is 16.6 Å². The second-order valence-electron chi connectivity index (χ2n) is 4.99. The van der Waals surface area contributed by atoms with Crippen molar-refractivity contribution in [2.75, 3.05) is 37.8 Å². The van der Waals surface area contributed by atoms with E-state index in [0.717, 1.165) is 25.2 Å². The van der Waals surface area contributed by atoms with Crippen molar-refractivity contribution >= 4 is 27.3 Å². The Morgan fingerprint density at radius 1 is 1.50 bits per heavy atom. The maximum absolute atomic E-state index is 13.4. The lowest BCUT2D eigenvalue weighted by atomic mass is 10.0. The molecule has 1 fully saturated rings. The van der Waals surface area contributed by atoms with Crippen molar-refractivity contribution in [1.29, 1.82) is 0 Å². The van der Waals surface area contributed by atoms with Crippen LogP contribution in [0.2, 0.25) is 0 Å². The molecule has 3 nitrogen and oxygen atoms in total. The lowest BCUT2D eigenvalue weighted by Crippen LogP contribution is -2.45. The quantitative estimate of drug-likeness (QED) is 0.852. The largest absolute Gasteiger partial charge is 0.397 e. The Labute approximate surface area is 116 Å². The highest BCUT2D eigenvalue weighted by Gasteiger charge is 2.23. The molecular formula is C13H19BrFN3. The van der Waals surface area contributed by atoms with Gasteiger partial charge in [0.2, 0.25) is 0 Å². The molecule has 0 radical (unpaired) electrons. The van der Waals surface area contributed by atoms with E-state index in [1.54, 1.807) is 6.07 Å². The highest BCUT2D eigenvalue weighted by molar-refractivity contribution is 9.10. The van der Waals surface area contributed by atoms with E-state index in [2.05, 4.69) is 32.8 Å². The predicted octanol–water partition coefficient (Wildman–Crippen LogP) is 2.70. The molecule has 5 heteroatoms. The van der Waals surface area contributed by atoms with Gasteiger partial charge in [-0.25, -0.2) is 4.39 Å². The molecule has 1 unspecified atom stereocenters. The summed E-state index contributed by atoms with van der Waals surface area (Å²) < 4.78 is 13.8. The van der Waals surface area contributed by atoms with Gasteiger partial charge in [0.1, 0.15) is 5.82 Å². The summed E-state index contributed by atoms with van der Waals surface area (Å²) in [7, 11) is 4.16. The van der Waals surface area contributed by atoms with Crippen LogP contribution >= 0.6 is 15.9 Å². The topological polar surface area (TPSA) is 32.5 Å². The zero-order valence-electron chi connectivity index (χ0n) is 10.8. The van der Waals surface area contributed by atoms with E-state index in [-0.39, 0.29) is 5.82 Å². The van der Waals surface area contributed by atoms with Crippen LogP contribution in [0, 0.1) is 5.82 Å². The first-order valence-corrected chi connectivity index (χ1v) is 6.94. The van der Waals surface area contributed by atoms with Crippen molar-refractivity contribution in [3.05, 3.63) is 22.4 Å². The number of nitrogen functional groups attached to an aromatic ring is 1. The molecule has 1 saturated heterocycles. The molecular weight excluding hydrogens is 297 g/mol. The minimum atomic E-state index is -0.314. The van der Waals surface area contributed by atoms with E-state index >= 15 is 0 Å². The smallest absolute Gasteiger partial charge is 0.139 e. The maximum atomic E-state index is 13.4. The highest BCUT2D eigenvalue weighted by atomic mass is 79.9. The fourth-order valence-electron chi connectivity index (χ4n) is 2.51. The average molecular weight is 316 g/mol. The first-order chi connectivity index (χ1) is 8.49. The minimum absolute atomic E-state index is 0.314. The minimum Gasteiger partial charge on any atom is -0.397 e. The summed E-state index contributed by atoms with van der Waals surface area (Å²) in [4.78, 5) is 4.48. The van der Waals surface area contributed by atoms with E-state index in [4.69, 9.17) is 5.73 Å². The number of rotatable bonds is 2. The van der Waals surface area contributed by atoms with E-state index in [1.165, 1.54) is 12.5 Å². The van der Waals surface area contributed by atoms with Gasteiger partial charge in [-0.1, -0.05) is 0 Å². The fourth-order valence-corrected chi connectivity index (χ4v) is 2.84. The van der Waals surface area contributed by atoms with Crippen LogP contribution < -0.4 is 10.6 Å². The molecule has 0 aromatic heterocycles. The summed E-state index contributed by atoms with van der Waals surface area (Å²) in [6.45, 7) is 2.16. The normalized spacial score (nSPS) is 21.0. The molecule has 0 bridgehead atoms. The molecule has 2 rings (SSSR count). The Morgan fingerprint density at radius 3 is 2.89 bits per heavy atom. The Balaban J connectivity index is 2.22. The van der Waals surface area contributed by atoms with Gasteiger partial charge in [-0.05, 0) is 48.4 Å². The Morgan fingerprint density at radius 2 is 2.22 bits per heavy atom. The van der Waals surface area contributed by atoms with Gasteiger partial charge in [0.05, 0.1) is 15.8 Å². The summed E-state index contributed by atoms with van der Waals surface area (Å²) in [6.07, 6.45) is 2.34. The number of hydrogen-bond donors (Lipinski definition) is 1. The number of benzene rings is 1. The number of anilines is 2. The second-order valence-corrected chi connectivity index (χ2v) is 5.85. The molecule has 1 aromatic carbocycles. The number of likely N-dealkylation sites (tertiary alicyclic amines) is 1. The number of hydrogen-bond acceptors (Lipinski definition) is 3. The zero-order chi connectivity index (χ0) is 13.3. The second kappa shape index (κ2) is 5.45. The van der Waals surface area contributed by atoms with Crippen LogP contribution in [0.5, 0.6) is 0 Å². The van der Waals surface area contributed by atoms with Gasteiger partial charge in [0.15, 0.2) is 0 Å². The summed E-state index contributed by atoms with van der Waals surface area (Å²) >= 11 is 3.22. The first kappa shape index (κ1) is 13.6. The van der Waals surface area contributed by atoms with E-state index in [0.29, 0.717) is 16.2 Å². The van der Waals surface area contributed by atoms with Gasteiger partial charge in [-0.2, -0.15) is 0 Å². The van der Waals surface area contributed by atoms with Crippen molar-refractivity contribution < 1.29 is 4.39 Å². The van der Waals surface area contributed by atoms with Gasteiger partial charge >= 0.3 is 0 Å². The molecule has 0 aliphatic carbocycles. The number of likely N-dealkylation sites (N-methyl/N-ethyl adjacent to an activating group) is 2. The summed E-state index contributed by atoms with van der Waals surface area (Å²) in [5, 5.41) is 0. The third kappa shape index (κ3) is 2.78. The van der Waals surface area contributed by atoms with Gasteiger partial charge in [0.25, 0.3) is 0 Å². The van der Waals surface area contributed by atoms with E-state index in [9.17, 15) is 4.39 Å². The predicted molar refractivity (Wildman–Crippen MR) is 77.4 cm³/mol. The molecule has 1 aliphatic heterocycles. The lowest BCUT2D eigenvalue weighted by molar-refractivity contribution is 0.248. The SMILES string of the molecule is CN1CCCC(N(C)c2cc(Br)c(F)cc2N)C1. The summed E-state index contributed by atoms with van der Waals surface area (Å²) in [5.41, 5.74) is 7.30. The molecule has 1 aromatic rings. The van der Waals surface area contributed by atoms with Gasteiger partial charge in [0, 0.05) is 25.7 Å². The van der Waals surface area contributed by atoms with Gasteiger partial charge < -0.3 is 15.5 Å². The molecule has 1 heterocycles. The Hall–Kier alpha value is -0.810. The number of nitrogens with two attached hydrogens (primary N) is 1. The van der Waals surface area contributed by atoms with E-state index in [1.807, 2.05) is 7.05 Å². The van der Waals surface area contributed by atoms with Crippen LogP contribution in [0.3, 0.4) is 0 Å². The Kier molecular flexibility index (Phi) is 4.12. The fraction of sp³-hybridized carbons (Fsp3) is 0.538. The van der Waals surface area contributed by atoms with Crippen molar-refractivity contribution in [3.8, 4) is 0 Å². The first-order valence-electron chi connectivity index (χ1n) is 6.15. The standard InChI is InChI=1S/C13H19BrFN3/c1-17-5-3-4-9(8-17)18(2)13-6-10(14)11(15)7-12(13)16/h6-7,9H,3-5,8,16H2,1-2H3. The van der Waals surface area contributed by atoms with Gasteiger partial charge in [-0.3, -0.25) is 0 Å². The molecule has 0 amide bonds. The van der Waals surface area contributed by atoms with Crippen molar-refractivity contribution in [2.45, 2.75) is 18.9 Å². The third-order valence-corrected chi connectivity index (χ3v) is 4.20. The molecule has 1 aliphatic rings. The number of nitrogens with zero attached hydrogens (tertiary/aromatic N) is 2. The van der Waals surface area contributed by atoms with Crippen LogP contribution in [-0.2, 0) is 0 Å². The van der Waals surface area contributed by atoms with Crippen molar-refractivity contribution in [1.82, 2.24) is 4.90 Å². The van der Waals surface area contributed by atoms with Crippen molar-refractivity contribution in [3.63, 3.8) is 0 Å². The van der Waals surface area contributed by atoms with Crippen LogP contribution in [0.1, 0.15) is 12.8 Å². The third-order valence-electron chi connectivity index (χ3n) is 3.60. The molecule has 18 heavy (non-hydrogen) atoms. The van der Waals surface area contributed by atoms with Crippen molar-refractivity contribution in [2.24, 2.45) is 0 Å². The lowest BCUT2D eigenvalue weighted by Gasteiger charge is -2.37. The monoisotopic (exact) mass is 315 g/mol. The molecule has 0 saturated carbocycles. The highest BCUT2D eigenvalue weighted by Crippen LogP contribution is 2.31. The van der Waals surface area contributed by atoms with Crippen LogP contribution in [0.4, 0.5) is 15.8 Å². The average Bonchev–Trinajstić information content (AvgIpc) is 2.33. The van der Waals surface area contributed by atoms with Crippen LogP contribution in [0.25, 0.3) is 0 Å². The number of halogens is 2. The molecule has 1 atom stereocenters. The molecule has 0 spiro atoms. The van der Waals surface area contributed by atoms with E-state index < -0.39 is 0 Å². The molecule has 2 N–H and O–H groups in total. The summed E-state index contributed by atoms with van der Waals surface area (Å²) in [6, 6.07) is 3.57. The Bertz CT molecular complexity index is 438. The summed E-state index contributed by atoms with van der Waals surface area (Å²) in [5.74, 6) is -0.314. The zero-order valence-corrected chi connectivity index (χ0v) is 12.4. The number of piperidine rings is 1.